The number of halogens is 1. The van der Waals surface area contributed by atoms with E-state index in [1.165, 1.54) is 396 Å². The predicted molar refractivity (Wildman–Crippen MR) is 365 cm³/mol. The molecule has 0 rings (SSSR count). The normalized spacial score (nSPS) is 13.1. The van der Waals surface area contributed by atoms with E-state index >= 15 is 0 Å². The molecule has 0 aromatic carbocycles. The van der Waals surface area contributed by atoms with E-state index in [2.05, 4.69) is 62.3 Å². The van der Waals surface area contributed by atoms with Crippen LogP contribution < -0.4 is 0 Å². The van der Waals surface area contributed by atoms with Gasteiger partial charge in [-0.1, -0.05) is 26.7 Å². The Kier molecular flexibility index (Phi) is 61.8. The van der Waals surface area contributed by atoms with Gasteiger partial charge < -0.3 is 0 Å². The molecule has 0 aliphatic heterocycles. The molecule has 0 radical (unpaired) electrons. The molecule has 0 saturated heterocycles. The molecular formula is C72H153ClOP2. The van der Waals surface area contributed by atoms with Gasteiger partial charge in [0.1, 0.15) is 0 Å². The predicted octanol–water partition coefficient (Wildman–Crippen LogP) is 28.4. The van der Waals surface area contributed by atoms with Crippen LogP contribution in [0.15, 0.2) is 0 Å². The first kappa shape index (κ1) is 79.2. The molecule has 0 N–H and O–H groups in total. The summed E-state index contributed by atoms with van der Waals surface area (Å²) in [6.45, 7) is 20.0. The Labute approximate surface area is 490 Å². The van der Waals surface area contributed by atoms with Crippen LogP contribution in [0.2, 0.25) is 0 Å². The van der Waals surface area contributed by atoms with Crippen molar-refractivity contribution in [3.05, 3.63) is 0 Å². The van der Waals surface area contributed by atoms with Crippen LogP contribution in [0, 0.1) is 0 Å². The average molecular weight is 1130 g/mol. The van der Waals surface area contributed by atoms with Gasteiger partial charge in [-0.3, -0.25) is 0 Å². The number of rotatable bonds is 64. The molecule has 0 unspecified atom stereocenters. The standard InChI is InChI=1S/C40H85OP.C32H68ClP/c1-6-11-16-21-23-24-25-26-27-28-30-35-40-42(37-32-18-13-8-3,38-33-19-14-9-4,39-34-20-15-10-5)41-36-31-29-22-17-12-7-2;1-5-9-13-17-18-19-20-21-22-23-24-28-32-34(33,29-25-14-10-6-2,30-26-15-11-7-3)31-27-16-12-8-4/h6-40H2,1-5H3;5-32H2,1-4H3. The molecule has 0 saturated carbocycles. The first-order valence-corrected chi connectivity index (χ1v) is 43.3. The van der Waals surface area contributed by atoms with Crippen LogP contribution in [0.3, 0.4) is 0 Å². The Bertz CT molecular complexity index is 1030. The second-order valence-corrected chi connectivity index (χ2v) is 40.3. The number of hydrogen-bond acceptors (Lipinski definition) is 1. The quantitative estimate of drug-likeness (QED) is 0.0436. The summed E-state index contributed by atoms with van der Waals surface area (Å²) < 4.78 is 7.60. The van der Waals surface area contributed by atoms with Crippen molar-refractivity contribution in [3.63, 3.8) is 0 Å². The molecule has 76 heavy (non-hydrogen) atoms. The zero-order valence-electron chi connectivity index (χ0n) is 55.2. The summed E-state index contributed by atoms with van der Waals surface area (Å²) in [5, 5.41) is 0. The van der Waals surface area contributed by atoms with E-state index < -0.39 is 12.8 Å². The topological polar surface area (TPSA) is 9.23 Å². The molecule has 0 aliphatic carbocycles. The van der Waals surface area contributed by atoms with Gasteiger partial charge in [-0.25, -0.2) is 0 Å². The van der Waals surface area contributed by atoms with E-state index in [9.17, 15) is 0 Å². The van der Waals surface area contributed by atoms with Gasteiger partial charge in [0.2, 0.25) is 0 Å². The molecule has 4 heteroatoms. The Morgan fingerprint density at radius 2 is 0.329 bits per heavy atom. The molecule has 0 fully saturated rings. The number of hydrogen-bond donors (Lipinski definition) is 0. The van der Waals surface area contributed by atoms with Gasteiger partial charge in [-0.2, -0.15) is 0 Å². The maximum atomic E-state index is 8.00. The van der Waals surface area contributed by atoms with E-state index in [4.69, 9.17) is 15.8 Å². The summed E-state index contributed by atoms with van der Waals surface area (Å²) in [6, 6.07) is 0. The van der Waals surface area contributed by atoms with Gasteiger partial charge in [-0.05, 0) is 0 Å². The summed E-state index contributed by atoms with van der Waals surface area (Å²) in [5.74, 6) is -2.07. The zero-order chi connectivity index (χ0) is 56.1. The van der Waals surface area contributed by atoms with Gasteiger partial charge >= 0.3 is 467 Å². The Balaban J connectivity index is 0. The van der Waals surface area contributed by atoms with Crippen molar-refractivity contribution < 1.29 is 4.52 Å². The first-order valence-electron chi connectivity index (χ1n) is 36.5. The van der Waals surface area contributed by atoms with Crippen molar-refractivity contribution in [2.24, 2.45) is 0 Å². The molecule has 464 valence electrons. The van der Waals surface area contributed by atoms with Crippen molar-refractivity contribution in [2.45, 2.75) is 409 Å². The van der Waals surface area contributed by atoms with Crippen LogP contribution in [-0.4, -0.2) is 55.9 Å². The van der Waals surface area contributed by atoms with Crippen LogP contribution in [-0.2, 0) is 4.52 Å². The molecule has 0 bridgehead atoms. The van der Waals surface area contributed by atoms with Crippen molar-refractivity contribution in [1.29, 1.82) is 0 Å². The first-order chi connectivity index (χ1) is 37.2. The fraction of sp³-hybridized carbons (Fsp3) is 1.00. The van der Waals surface area contributed by atoms with Gasteiger partial charge in [0.15, 0.2) is 0 Å². The molecule has 0 amide bonds. The second-order valence-electron chi connectivity index (χ2n) is 26.2. The summed E-state index contributed by atoms with van der Waals surface area (Å²) in [6.07, 6.45) is 87.9. The third-order valence-corrected chi connectivity index (χ3v) is 33.0. The van der Waals surface area contributed by atoms with Crippen LogP contribution in [0.5, 0.6) is 0 Å². The Hall–Kier alpha value is 1.11. The summed E-state index contributed by atoms with van der Waals surface area (Å²) >= 11 is 8.00. The van der Waals surface area contributed by atoms with E-state index in [1.807, 2.05) is 0 Å². The Morgan fingerprint density at radius 1 is 0.184 bits per heavy atom. The van der Waals surface area contributed by atoms with Crippen LogP contribution in [0.4, 0.5) is 0 Å². The van der Waals surface area contributed by atoms with Crippen LogP contribution in [0.1, 0.15) is 409 Å². The fourth-order valence-electron chi connectivity index (χ4n) is 13.1. The summed E-state index contributed by atoms with van der Waals surface area (Å²) in [7, 11) is 0. The molecular weight excluding hydrogens is 978 g/mol. The monoisotopic (exact) mass is 1130 g/mol. The molecule has 0 heterocycles. The van der Waals surface area contributed by atoms with Crippen molar-refractivity contribution >= 4 is 24.0 Å². The third kappa shape index (κ3) is 48.6. The van der Waals surface area contributed by atoms with E-state index in [0.29, 0.717) is 0 Å². The molecule has 0 spiro atoms. The molecule has 0 aromatic rings. The zero-order valence-corrected chi connectivity index (χ0v) is 57.8. The number of unbranched alkanes of at least 4 members (excludes halogenated alkanes) is 45. The van der Waals surface area contributed by atoms with Crippen LogP contribution in [0.25, 0.3) is 0 Å². The van der Waals surface area contributed by atoms with Crippen LogP contribution >= 0.6 is 24.0 Å². The minimum atomic E-state index is -2.17. The van der Waals surface area contributed by atoms with E-state index in [0.717, 1.165) is 6.61 Å². The second kappa shape index (κ2) is 59.3. The fourth-order valence-corrected chi connectivity index (χ4v) is 26.6. The van der Waals surface area contributed by atoms with Gasteiger partial charge in [-0.15, -0.1) is 0 Å². The molecule has 0 atom stereocenters. The molecule has 0 aliphatic rings. The average Bonchev–Trinajstić information content (AvgIpc) is 3.43. The van der Waals surface area contributed by atoms with Crippen molar-refractivity contribution in [1.82, 2.24) is 0 Å². The van der Waals surface area contributed by atoms with Gasteiger partial charge in [0, 0.05) is 0 Å². The van der Waals surface area contributed by atoms with Gasteiger partial charge in [0.05, 0.1) is 0 Å². The SMILES string of the molecule is CCCCCCCCCCCCCCP(CCCCCC)(CCCCCC)(CCCCCC)OCCCCCCCC.CCCCCCCCCCCCCCP(Cl)(CCCCCC)(CCCCCC)CCCCCC. The molecule has 0 aromatic heterocycles. The maximum absolute atomic E-state index is 8.00. The van der Waals surface area contributed by atoms with Crippen molar-refractivity contribution in [2.75, 3.05) is 55.9 Å². The summed E-state index contributed by atoms with van der Waals surface area (Å²) in [4.78, 5) is 0. The minimum absolute atomic E-state index is 1.07. The molecule has 1 nitrogen and oxygen atoms in total. The van der Waals surface area contributed by atoms with Gasteiger partial charge in [0.25, 0.3) is 0 Å². The van der Waals surface area contributed by atoms with Crippen molar-refractivity contribution in [3.8, 4) is 0 Å². The summed E-state index contributed by atoms with van der Waals surface area (Å²) in [5.41, 5.74) is 0. The Morgan fingerprint density at radius 3 is 0.526 bits per heavy atom. The third-order valence-electron chi connectivity index (χ3n) is 18.5. The van der Waals surface area contributed by atoms with E-state index in [1.54, 1.807) is 0 Å². The van der Waals surface area contributed by atoms with E-state index in [-0.39, 0.29) is 0 Å².